The zero-order valence-electron chi connectivity index (χ0n) is 15.2. The molecule has 0 aliphatic carbocycles. The number of hydrazone groups is 1. The molecule has 26 heavy (non-hydrogen) atoms. The van der Waals surface area contributed by atoms with Crippen molar-refractivity contribution in [3.05, 3.63) is 52.0 Å². The topological polar surface area (TPSA) is 43.3 Å². The fourth-order valence-corrected chi connectivity index (χ4v) is 4.01. The zero-order chi connectivity index (χ0) is 18.5. The summed E-state index contributed by atoms with van der Waals surface area (Å²) in [5, 5.41) is 6.97. The van der Waals surface area contributed by atoms with Crippen LogP contribution in [-0.2, 0) is 0 Å². The molecule has 0 fully saturated rings. The van der Waals surface area contributed by atoms with Gasteiger partial charge in [0, 0.05) is 22.0 Å². The SMILES string of the molecule is COc1ccc(C2=NN3C(C2)c2cc(Br)ccc2OC3(C)C)cc1OC. The van der Waals surface area contributed by atoms with Gasteiger partial charge < -0.3 is 14.2 Å². The number of rotatable bonds is 3. The van der Waals surface area contributed by atoms with Gasteiger partial charge >= 0.3 is 0 Å². The Kier molecular flexibility index (Phi) is 4.10. The number of ether oxygens (including phenoxy) is 3. The summed E-state index contributed by atoms with van der Waals surface area (Å²) in [6, 6.07) is 12.2. The molecule has 0 saturated heterocycles. The molecular weight excluding hydrogens is 396 g/mol. The van der Waals surface area contributed by atoms with E-state index in [2.05, 4.69) is 27.0 Å². The summed E-state index contributed by atoms with van der Waals surface area (Å²) >= 11 is 3.57. The van der Waals surface area contributed by atoms with Crippen LogP contribution in [0, 0.1) is 0 Å². The summed E-state index contributed by atoms with van der Waals surface area (Å²) in [6.45, 7) is 4.10. The van der Waals surface area contributed by atoms with Gasteiger partial charge in [0.05, 0.1) is 26.0 Å². The maximum absolute atomic E-state index is 6.21. The molecule has 0 aromatic heterocycles. The van der Waals surface area contributed by atoms with Gasteiger partial charge in [0.2, 0.25) is 0 Å². The third-order valence-electron chi connectivity index (χ3n) is 4.87. The molecule has 2 heterocycles. The van der Waals surface area contributed by atoms with Gasteiger partial charge in [0.1, 0.15) is 5.75 Å². The maximum atomic E-state index is 6.21. The van der Waals surface area contributed by atoms with E-state index in [1.165, 1.54) is 0 Å². The van der Waals surface area contributed by atoms with E-state index >= 15 is 0 Å². The van der Waals surface area contributed by atoms with Crippen LogP contribution in [0.15, 0.2) is 46.0 Å². The Morgan fingerprint density at radius 1 is 1.12 bits per heavy atom. The van der Waals surface area contributed by atoms with Crippen LogP contribution in [0.1, 0.15) is 37.4 Å². The molecule has 0 radical (unpaired) electrons. The molecular formula is C20H21BrN2O3. The van der Waals surface area contributed by atoms with Gasteiger partial charge in [-0.05, 0) is 50.2 Å². The summed E-state index contributed by atoms with van der Waals surface area (Å²) in [6.07, 6.45) is 0.811. The minimum absolute atomic E-state index is 0.148. The van der Waals surface area contributed by atoms with Gasteiger partial charge in [-0.2, -0.15) is 5.10 Å². The van der Waals surface area contributed by atoms with Crippen molar-refractivity contribution in [1.29, 1.82) is 0 Å². The van der Waals surface area contributed by atoms with Crippen molar-refractivity contribution in [2.45, 2.75) is 32.0 Å². The lowest BCUT2D eigenvalue weighted by atomic mass is 9.95. The second-order valence-electron chi connectivity index (χ2n) is 6.91. The molecule has 1 atom stereocenters. The molecule has 0 saturated carbocycles. The first-order valence-corrected chi connectivity index (χ1v) is 9.30. The smallest absolute Gasteiger partial charge is 0.192 e. The first kappa shape index (κ1) is 17.2. The number of benzene rings is 2. The van der Waals surface area contributed by atoms with Crippen LogP contribution < -0.4 is 14.2 Å². The largest absolute Gasteiger partial charge is 0.493 e. The lowest BCUT2D eigenvalue weighted by Gasteiger charge is -2.43. The third kappa shape index (κ3) is 2.72. The predicted octanol–water partition coefficient (Wildman–Crippen LogP) is 4.75. The molecule has 1 unspecified atom stereocenters. The Balaban J connectivity index is 1.75. The molecule has 0 spiro atoms. The molecule has 0 bridgehead atoms. The molecule has 2 aromatic rings. The number of halogens is 1. The summed E-state index contributed by atoms with van der Waals surface area (Å²) in [7, 11) is 3.28. The van der Waals surface area contributed by atoms with Gasteiger partial charge in [-0.1, -0.05) is 15.9 Å². The molecule has 2 aliphatic heterocycles. The van der Waals surface area contributed by atoms with Crippen molar-refractivity contribution in [2.24, 2.45) is 5.10 Å². The fourth-order valence-electron chi connectivity index (χ4n) is 3.63. The van der Waals surface area contributed by atoms with E-state index in [0.29, 0.717) is 11.5 Å². The van der Waals surface area contributed by atoms with Gasteiger partial charge in [-0.25, -0.2) is 5.01 Å². The van der Waals surface area contributed by atoms with Crippen molar-refractivity contribution in [1.82, 2.24) is 5.01 Å². The van der Waals surface area contributed by atoms with E-state index in [-0.39, 0.29) is 6.04 Å². The van der Waals surface area contributed by atoms with Gasteiger partial charge in [-0.3, -0.25) is 0 Å². The molecule has 2 aliphatic rings. The molecule has 136 valence electrons. The van der Waals surface area contributed by atoms with Gasteiger partial charge in [0.15, 0.2) is 17.2 Å². The first-order chi connectivity index (χ1) is 12.4. The standard InChI is InChI=1S/C20H21BrN2O3/c1-20(2)23-16(14-10-13(21)6-8-17(14)26-20)11-15(22-23)12-5-7-18(24-3)19(9-12)25-4/h5-10,16H,11H2,1-4H3. The van der Waals surface area contributed by atoms with E-state index in [4.69, 9.17) is 19.3 Å². The Bertz CT molecular complexity index is 895. The van der Waals surface area contributed by atoms with Crippen LogP contribution in [0.4, 0.5) is 0 Å². The molecule has 6 heteroatoms. The van der Waals surface area contributed by atoms with Crippen molar-refractivity contribution < 1.29 is 14.2 Å². The summed E-state index contributed by atoms with van der Waals surface area (Å²) in [5.74, 6) is 2.34. The van der Waals surface area contributed by atoms with E-state index in [1.807, 2.05) is 44.2 Å². The van der Waals surface area contributed by atoms with Crippen LogP contribution in [0.25, 0.3) is 0 Å². The first-order valence-electron chi connectivity index (χ1n) is 8.50. The van der Waals surface area contributed by atoms with Crippen molar-refractivity contribution in [2.75, 3.05) is 14.2 Å². The average Bonchev–Trinajstić information content (AvgIpc) is 3.08. The molecule has 5 nitrogen and oxygen atoms in total. The van der Waals surface area contributed by atoms with Crippen LogP contribution in [0.5, 0.6) is 17.2 Å². The number of hydrogen-bond donors (Lipinski definition) is 0. The van der Waals surface area contributed by atoms with Crippen LogP contribution in [0.3, 0.4) is 0 Å². The highest BCUT2D eigenvalue weighted by Crippen LogP contribution is 2.47. The summed E-state index contributed by atoms with van der Waals surface area (Å²) in [5.41, 5.74) is 2.69. The minimum Gasteiger partial charge on any atom is -0.493 e. The van der Waals surface area contributed by atoms with E-state index < -0.39 is 5.72 Å². The second-order valence-corrected chi connectivity index (χ2v) is 7.83. The number of fused-ring (bicyclic) bond motifs is 3. The number of nitrogens with zero attached hydrogens (tertiary/aromatic N) is 2. The van der Waals surface area contributed by atoms with Gasteiger partial charge in [0.25, 0.3) is 0 Å². The van der Waals surface area contributed by atoms with Gasteiger partial charge in [-0.15, -0.1) is 0 Å². The van der Waals surface area contributed by atoms with Crippen LogP contribution in [-0.4, -0.2) is 30.7 Å². The Morgan fingerprint density at radius 3 is 2.62 bits per heavy atom. The Morgan fingerprint density at radius 2 is 1.88 bits per heavy atom. The zero-order valence-corrected chi connectivity index (χ0v) is 16.8. The molecule has 0 N–H and O–H groups in total. The average molecular weight is 417 g/mol. The molecule has 2 aromatic carbocycles. The third-order valence-corrected chi connectivity index (χ3v) is 5.36. The van der Waals surface area contributed by atoms with E-state index in [0.717, 1.165) is 33.5 Å². The minimum atomic E-state index is -0.510. The highest BCUT2D eigenvalue weighted by atomic mass is 79.9. The summed E-state index contributed by atoms with van der Waals surface area (Å²) in [4.78, 5) is 0. The van der Waals surface area contributed by atoms with E-state index in [9.17, 15) is 0 Å². The highest BCUT2D eigenvalue weighted by molar-refractivity contribution is 9.10. The van der Waals surface area contributed by atoms with Crippen molar-refractivity contribution >= 4 is 21.6 Å². The normalized spacial score (nSPS) is 20.0. The van der Waals surface area contributed by atoms with Crippen LogP contribution in [0.2, 0.25) is 0 Å². The quantitative estimate of drug-likeness (QED) is 0.723. The molecule has 4 rings (SSSR count). The monoisotopic (exact) mass is 416 g/mol. The van der Waals surface area contributed by atoms with Crippen molar-refractivity contribution in [3.8, 4) is 17.2 Å². The highest BCUT2D eigenvalue weighted by Gasteiger charge is 2.44. The Labute approximate surface area is 161 Å². The fraction of sp³-hybridized carbons (Fsp3) is 0.350. The maximum Gasteiger partial charge on any atom is 0.192 e. The number of hydrogen-bond acceptors (Lipinski definition) is 5. The van der Waals surface area contributed by atoms with Crippen LogP contribution >= 0.6 is 15.9 Å². The Hall–Kier alpha value is -2.21. The second kappa shape index (κ2) is 6.20. The predicted molar refractivity (Wildman–Crippen MR) is 104 cm³/mol. The van der Waals surface area contributed by atoms with E-state index in [1.54, 1.807) is 14.2 Å². The lowest BCUT2D eigenvalue weighted by Crippen LogP contribution is -2.48. The summed E-state index contributed by atoms with van der Waals surface area (Å²) < 4.78 is 18.0. The lowest BCUT2D eigenvalue weighted by molar-refractivity contribution is -0.0911. The molecule has 0 amide bonds. The number of methoxy groups -OCH3 is 2. The van der Waals surface area contributed by atoms with Crippen molar-refractivity contribution in [3.63, 3.8) is 0 Å².